The fourth-order valence-corrected chi connectivity index (χ4v) is 2.77. The zero-order chi connectivity index (χ0) is 14.1. The summed E-state index contributed by atoms with van der Waals surface area (Å²) in [6.07, 6.45) is -0.582. The Hall–Kier alpha value is -2.12. The van der Waals surface area contributed by atoms with Crippen molar-refractivity contribution in [2.75, 3.05) is 0 Å². The molecule has 3 rings (SSSR count). The first-order valence-electron chi connectivity index (χ1n) is 6.89. The van der Waals surface area contributed by atoms with Crippen molar-refractivity contribution in [1.82, 2.24) is 0 Å². The Labute approximate surface area is 119 Å². The van der Waals surface area contributed by atoms with Crippen molar-refractivity contribution in [3.63, 3.8) is 0 Å². The van der Waals surface area contributed by atoms with Crippen LogP contribution < -0.4 is 0 Å². The second-order valence-corrected chi connectivity index (χ2v) is 5.33. The maximum Gasteiger partial charge on any atom is 0.105 e. The standard InChI is InChI=1S/C19H18O/c1-13-6-5-8-16(12-13)19(20)18-14(2)10-11-15-7-3-4-9-17(15)18/h3-12,19-20H,1-2H3. The lowest BCUT2D eigenvalue weighted by Gasteiger charge is -2.17. The molecule has 0 saturated heterocycles. The fourth-order valence-electron chi connectivity index (χ4n) is 2.77. The summed E-state index contributed by atoms with van der Waals surface area (Å²) in [6.45, 7) is 4.10. The molecule has 0 bridgehead atoms. The van der Waals surface area contributed by atoms with E-state index in [0.717, 1.165) is 22.1 Å². The lowest BCUT2D eigenvalue weighted by Crippen LogP contribution is -2.03. The predicted octanol–water partition coefficient (Wildman–Crippen LogP) is 4.54. The number of aliphatic hydroxyl groups excluding tert-OH is 1. The molecule has 1 N–H and O–H groups in total. The summed E-state index contributed by atoms with van der Waals surface area (Å²) in [6, 6.07) is 20.5. The predicted molar refractivity (Wildman–Crippen MR) is 83.9 cm³/mol. The zero-order valence-electron chi connectivity index (χ0n) is 11.8. The van der Waals surface area contributed by atoms with Crippen LogP contribution in [-0.2, 0) is 0 Å². The summed E-state index contributed by atoms with van der Waals surface area (Å²) in [5.41, 5.74) is 4.25. The summed E-state index contributed by atoms with van der Waals surface area (Å²) < 4.78 is 0. The third-order valence-corrected chi connectivity index (χ3v) is 3.82. The molecule has 0 aliphatic rings. The van der Waals surface area contributed by atoms with E-state index in [9.17, 15) is 5.11 Å². The van der Waals surface area contributed by atoms with Crippen LogP contribution >= 0.6 is 0 Å². The van der Waals surface area contributed by atoms with E-state index < -0.39 is 6.10 Å². The molecule has 0 amide bonds. The van der Waals surface area contributed by atoms with E-state index in [-0.39, 0.29) is 0 Å². The number of aryl methyl sites for hydroxylation is 2. The summed E-state index contributed by atoms with van der Waals surface area (Å²) >= 11 is 0. The van der Waals surface area contributed by atoms with E-state index >= 15 is 0 Å². The molecule has 1 nitrogen and oxygen atoms in total. The van der Waals surface area contributed by atoms with E-state index in [1.807, 2.05) is 43.3 Å². The quantitative estimate of drug-likeness (QED) is 0.719. The second-order valence-electron chi connectivity index (χ2n) is 5.33. The zero-order valence-corrected chi connectivity index (χ0v) is 11.8. The Morgan fingerprint density at radius 1 is 0.850 bits per heavy atom. The molecule has 100 valence electrons. The van der Waals surface area contributed by atoms with E-state index in [2.05, 4.69) is 31.2 Å². The van der Waals surface area contributed by atoms with E-state index in [1.165, 1.54) is 10.9 Å². The van der Waals surface area contributed by atoms with Gasteiger partial charge in [-0.2, -0.15) is 0 Å². The SMILES string of the molecule is Cc1cccc(C(O)c2c(C)ccc3ccccc23)c1. The van der Waals surface area contributed by atoms with Crippen molar-refractivity contribution in [2.45, 2.75) is 20.0 Å². The van der Waals surface area contributed by atoms with Crippen LogP contribution in [0.5, 0.6) is 0 Å². The van der Waals surface area contributed by atoms with Crippen LogP contribution in [0, 0.1) is 13.8 Å². The van der Waals surface area contributed by atoms with Gasteiger partial charge in [0.05, 0.1) is 0 Å². The van der Waals surface area contributed by atoms with Crippen molar-refractivity contribution in [1.29, 1.82) is 0 Å². The average molecular weight is 262 g/mol. The highest BCUT2D eigenvalue weighted by atomic mass is 16.3. The summed E-state index contributed by atoms with van der Waals surface area (Å²) in [4.78, 5) is 0. The number of fused-ring (bicyclic) bond motifs is 1. The van der Waals surface area contributed by atoms with Crippen LogP contribution in [0.1, 0.15) is 28.4 Å². The van der Waals surface area contributed by atoms with Gasteiger partial charge in [-0.05, 0) is 41.3 Å². The molecule has 3 aromatic rings. The van der Waals surface area contributed by atoms with Crippen molar-refractivity contribution < 1.29 is 5.11 Å². The number of hydrogen-bond donors (Lipinski definition) is 1. The minimum atomic E-state index is -0.582. The van der Waals surface area contributed by atoms with Gasteiger partial charge in [-0.15, -0.1) is 0 Å². The van der Waals surface area contributed by atoms with Gasteiger partial charge in [0.15, 0.2) is 0 Å². The molecule has 1 unspecified atom stereocenters. The minimum absolute atomic E-state index is 0.582. The van der Waals surface area contributed by atoms with Gasteiger partial charge in [-0.1, -0.05) is 66.2 Å². The Morgan fingerprint density at radius 3 is 2.45 bits per heavy atom. The maximum absolute atomic E-state index is 10.8. The van der Waals surface area contributed by atoms with Gasteiger partial charge >= 0.3 is 0 Å². The lowest BCUT2D eigenvalue weighted by molar-refractivity contribution is 0.221. The number of hydrogen-bond acceptors (Lipinski definition) is 1. The van der Waals surface area contributed by atoms with E-state index in [1.54, 1.807) is 0 Å². The molecular formula is C19H18O. The fraction of sp³-hybridized carbons (Fsp3) is 0.158. The van der Waals surface area contributed by atoms with Gasteiger partial charge in [-0.3, -0.25) is 0 Å². The first kappa shape index (κ1) is 12.9. The molecule has 3 aromatic carbocycles. The number of rotatable bonds is 2. The summed E-state index contributed by atoms with van der Waals surface area (Å²) in [5.74, 6) is 0. The molecule has 1 atom stereocenters. The smallest absolute Gasteiger partial charge is 0.105 e. The van der Waals surface area contributed by atoms with Gasteiger partial charge in [0.1, 0.15) is 6.10 Å². The molecule has 0 aliphatic carbocycles. The van der Waals surface area contributed by atoms with Gasteiger partial charge in [0, 0.05) is 0 Å². The van der Waals surface area contributed by atoms with Crippen LogP contribution in [-0.4, -0.2) is 5.11 Å². The number of benzene rings is 3. The molecule has 0 radical (unpaired) electrons. The third-order valence-electron chi connectivity index (χ3n) is 3.82. The average Bonchev–Trinajstić information content (AvgIpc) is 2.46. The first-order chi connectivity index (χ1) is 9.66. The normalized spacial score (nSPS) is 12.6. The topological polar surface area (TPSA) is 20.2 Å². The largest absolute Gasteiger partial charge is 0.384 e. The highest BCUT2D eigenvalue weighted by Gasteiger charge is 2.16. The molecule has 0 saturated carbocycles. The summed E-state index contributed by atoms with van der Waals surface area (Å²) in [7, 11) is 0. The Balaban J connectivity index is 2.21. The van der Waals surface area contributed by atoms with Crippen LogP contribution in [0.2, 0.25) is 0 Å². The number of aliphatic hydroxyl groups is 1. The van der Waals surface area contributed by atoms with E-state index in [0.29, 0.717) is 0 Å². The minimum Gasteiger partial charge on any atom is -0.384 e. The van der Waals surface area contributed by atoms with Crippen LogP contribution in [0.25, 0.3) is 10.8 Å². The van der Waals surface area contributed by atoms with E-state index in [4.69, 9.17) is 0 Å². The maximum atomic E-state index is 10.8. The summed E-state index contributed by atoms with van der Waals surface area (Å²) in [5, 5.41) is 13.1. The molecule has 0 aliphatic heterocycles. The van der Waals surface area contributed by atoms with Crippen LogP contribution in [0.3, 0.4) is 0 Å². The van der Waals surface area contributed by atoms with Gasteiger partial charge in [-0.25, -0.2) is 0 Å². The van der Waals surface area contributed by atoms with Gasteiger partial charge < -0.3 is 5.11 Å². The van der Waals surface area contributed by atoms with Gasteiger partial charge in [0.2, 0.25) is 0 Å². The van der Waals surface area contributed by atoms with Crippen LogP contribution in [0.4, 0.5) is 0 Å². The Morgan fingerprint density at radius 2 is 1.65 bits per heavy atom. The lowest BCUT2D eigenvalue weighted by atomic mass is 9.91. The second kappa shape index (κ2) is 5.10. The molecule has 0 aromatic heterocycles. The first-order valence-corrected chi connectivity index (χ1v) is 6.89. The monoisotopic (exact) mass is 262 g/mol. The van der Waals surface area contributed by atoms with Gasteiger partial charge in [0.25, 0.3) is 0 Å². The molecule has 20 heavy (non-hydrogen) atoms. The van der Waals surface area contributed by atoms with Crippen molar-refractivity contribution in [3.8, 4) is 0 Å². The molecule has 0 spiro atoms. The Bertz CT molecular complexity index is 759. The Kier molecular flexibility index (Phi) is 3.29. The molecule has 0 heterocycles. The van der Waals surface area contributed by atoms with Crippen LogP contribution in [0.15, 0.2) is 60.7 Å². The van der Waals surface area contributed by atoms with Crippen molar-refractivity contribution >= 4 is 10.8 Å². The molecule has 0 fully saturated rings. The third kappa shape index (κ3) is 2.21. The molecular weight excluding hydrogens is 244 g/mol. The highest BCUT2D eigenvalue weighted by molar-refractivity contribution is 5.87. The van der Waals surface area contributed by atoms with Crippen molar-refractivity contribution in [3.05, 3.63) is 82.9 Å². The highest BCUT2D eigenvalue weighted by Crippen LogP contribution is 2.31. The molecule has 1 heteroatoms. The van der Waals surface area contributed by atoms with Crippen molar-refractivity contribution in [2.24, 2.45) is 0 Å².